The Morgan fingerprint density at radius 3 is 2.57 bits per heavy atom. The van der Waals surface area contributed by atoms with E-state index in [-0.39, 0.29) is 0 Å². The lowest BCUT2D eigenvalue weighted by molar-refractivity contribution is 0.355. The van der Waals surface area contributed by atoms with Crippen LogP contribution in [0.5, 0.6) is 0 Å². The first-order valence-corrected chi connectivity index (χ1v) is 8.43. The Bertz CT molecular complexity index is 608. The number of allylic oxidation sites excluding steroid dienone is 2. The lowest BCUT2D eigenvalue weighted by Crippen LogP contribution is -2.19. The van der Waals surface area contributed by atoms with Gasteiger partial charge < -0.3 is 0 Å². The van der Waals surface area contributed by atoms with Gasteiger partial charge in [0.05, 0.1) is 0 Å². The SMILES string of the molecule is C=C(c1cccc(CN(C)C/C(C)=C/C#CC(C)C)c1)C(C)C. The lowest BCUT2D eigenvalue weighted by atomic mass is 9.96. The van der Waals surface area contributed by atoms with Crippen molar-refractivity contribution in [3.8, 4) is 11.8 Å². The molecule has 1 heteroatoms. The molecule has 0 aliphatic carbocycles. The summed E-state index contributed by atoms with van der Waals surface area (Å²) >= 11 is 0. The molecule has 0 bridgehead atoms. The summed E-state index contributed by atoms with van der Waals surface area (Å²) < 4.78 is 0. The fraction of sp³-hybridized carbons (Fsp3) is 0.455. The van der Waals surface area contributed by atoms with E-state index < -0.39 is 0 Å². The maximum absolute atomic E-state index is 4.20. The quantitative estimate of drug-likeness (QED) is 0.636. The second-order valence-electron chi connectivity index (χ2n) is 6.99. The minimum atomic E-state index is 0.425. The van der Waals surface area contributed by atoms with Crippen LogP contribution in [0.15, 0.2) is 42.5 Å². The zero-order valence-electron chi connectivity index (χ0n) is 15.6. The summed E-state index contributed by atoms with van der Waals surface area (Å²) in [6, 6.07) is 8.73. The predicted molar refractivity (Wildman–Crippen MR) is 103 cm³/mol. The number of hydrogen-bond donors (Lipinski definition) is 0. The molecule has 1 aromatic rings. The molecule has 0 radical (unpaired) electrons. The van der Waals surface area contributed by atoms with Crippen molar-refractivity contribution < 1.29 is 0 Å². The van der Waals surface area contributed by atoms with Crippen molar-refractivity contribution in [2.45, 2.75) is 41.2 Å². The first kappa shape index (κ1) is 19.3. The Hall–Kier alpha value is -1.78. The van der Waals surface area contributed by atoms with Gasteiger partial charge in [0.15, 0.2) is 0 Å². The third-order valence-electron chi connectivity index (χ3n) is 3.66. The summed E-state index contributed by atoms with van der Waals surface area (Å²) in [7, 11) is 2.15. The molecule has 0 amide bonds. The largest absolute Gasteiger partial charge is 0.298 e. The molecule has 0 aromatic heterocycles. The molecule has 0 unspecified atom stereocenters. The van der Waals surface area contributed by atoms with Crippen molar-refractivity contribution in [1.29, 1.82) is 0 Å². The smallest absolute Gasteiger partial charge is 0.0234 e. The van der Waals surface area contributed by atoms with Crippen molar-refractivity contribution in [1.82, 2.24) is 4.90 Å². The molecule has 1 rings (SSSR count). The van der Waals surface area contributed by atoms with Gasteiger partial charge in [0.1, 0.15) is 0 Å². The fourth-order valence-corrected chi connectivity index (χ4v) is 2.37. The molecular weight excluding hydrogens is 278 g/mol. The van der Waals surface area contributed by atoms with Gasteiger partial charge in [-0.3, -0.25) is 4.90 Å². The van der Waals surface area contributed by atoms with Crippen molar-refractivity contribution in [2.24, 2.45) is 11.8 Å². The highest BCUT2D eigenvalue weighted by molar-refractivity contribution is 5.65. The Morgan fingerprint density at radius 2 is 1.96 bits per heavy atom. The van der Waals surface area contributed by atoms with Crippen molar-refractivity contribution in [3.05, 3.63) is 53.6 Å². The molecule has 23 heavy (non-hydrogen) atoms. The second-order valence-corrected chi connectivity index (χ2v) is 6.99. The summed E-state index contributed by atoms with van der Waals surface area (Å²) in [6.07, 6.45) is 2.04. The Labute approximate surface area is 143 Å². The van der Waals surface area contributed by atoms with Crippen LogP contribution >= 0.6 is 0 Å². The van der Waals surface area contributed by atoms with E-state index in [4.69, 9.17) is 0 Å². The molecule has 0 N–H and O–H groups in total. The predicted octanol–water partition coefficient (Wildman–Crippen LogP) is 5.39. The Kier molecular flexibility index (Phi) is 7.86. The summed E-state index contributed by atoms with van der Waals surface area (Å²) in [5.41, 5.74) is 5.08. The Balaban J connectivity index is 2.68. The van der Waals surface area contributed by atoms with E-state index in [0.29, 0.717) is 11.8 Å². The van der Waals surface area contributed by atoms with Crippen LogP contribution in [-0.2, 0) is 6.54 Å². The van der Waals surface area contributed by atoms with E-state index in [0.717, 1.165) is 13.1 Å². The third-order valence-corrected chi connectivity index (χ3v) is 3.66. The van der Waals surface area contributed by atoms with Crippen LogP contribution in [0.1, 0.15) is 45.7 Å². The van der Waals surface area contributed by atoms with Gasteiger partial charge in [-0.1, -0.05) is 76.0 Å². The molecule has 0 aliphatic heterocycles. The summed E-state index contributed by atoms with van der Waals surface area (Å²) in [4.78, 5) is 2.32. The van der Waals surface area contributed by atoms with Crippen molar-refractivity contribution >= 4 is 5.57 Å². The maximum atomic E-state index is 4.20. The van der Waals surface area contributed by atoms with Crippen molar-refractivity contribution in [3.63, 3.8) is 0 Å². The molecule has 0 aliphatic rings. The number of rotatable bonds is 6. The highest BCUT2D eigenvalue weighted by Crippen LogP contribution is 2.22. The zero-order chi connectivity index (χ0) is 17.4. The molecule has 0 fully saturated rings. The number of benzene rings is 1. The van der Waals surface area contributed by atoms with Crippen LogP contribution in [0.25, 0.3) is 5.57 Å². The average molecular weight is 309 g/mol. The highest BCUT2D eigenvalue weighted by atomic mass is 15.1. The summed E-state index contributed by atoms with van der Waals surface area (Å²) in [5.74, 6) is 7.22. The fourth-order valence-electron chi connectivity index (χ4n) is 2.37. The second kappa shape index (κ2) is 9.38. The molecule has 0 heterocycles. The summed E-state index contributed by atoms with van der Waals surface area (Å²) in [6.45, 7) is 16.8. The van der Waals surface area contributed by atoms with Gasteiger partial charge in [-0.25, -0.2) is 0 Å². The van der Waals surface area contributed by atoms with Crippen LogP contribution < -0.4 is 0 Å². The number of likely N-dealkylation sites (N-methyl/N-ethyl adjacent to an activating group) is 1. The molecule has 0 spiro atoms. The van der Waals surface area contributed by atoms with E-state index in [1.807, 2.05) is 6.08 Å². The lowest BCUT2D eigenvalue weighted by Gasteiger charge is -2.18. The van der Waals surface area contributed by atoms with E-state index in [2.05, 4.69) is 89.3 Å². The van der Waals surface area contributed by atoms with Crippen LogP contribution in [0.2, 0.25) is 0 Å². The van der Waals surface area contributed by atoms with Crippen LogP contribution in [-0.4, -0.2) is 18.5 Å². The normalized spacial score (nSPS) is 11.8. The van der Waals surface area contributed by atoms with E-state index in [9.17, 15) is 0 Å². The molecular formula is C22H31N. The molecule has 0 saturated carbocycles. The van der Waals surface area contributed by atoms with Gasteiger partial charge in [-0.15, -0.1) is 0 Å². The first-order valence-electron chi connectivity index (χ1n) is 8.43. The maximum Gasteiger partial charge on any atom is 0.0234 e. The van der Waals surface area contributed by atoms with Crippen molar-refractivity contribution in [2.75, 3.05) is 13.6 Å². The minimum Gasteiger partial charge on any atom is -0.298 e. The standard InChI is InChI=1S/C22H31N/c1-17(2)10-8-11-19(5)15-23(7)16-21-12-9-13-22(14-21)20(6)18(3)4/h9,11-14,17-18H,6,15-16H2,1-5,7H3/b19-11+. The number of nitrogens with zero attached hydrogens (tertiary/aromatic N) is 1. The van der Waals surface area contributed by atoms with Gasteiger partial charge >= 0.3 is 0 Å². The molecule has 0 saturated heterocycles. The zero-order valence-corrected chi connectivity index (χ0v) is 15.6. The van der Waals surface area contributed by atoms with Gasteiger partial charge in [0.25, 0.3) is 0 Å². The van der Waals surface area contributed by atoms with Crippen LogP contribution in [0.3, 0.4) is 0 Å². The van der Waals surface area contributed by atoms with Gasteiger partial charge in [-0.05, 0) is 42.7 Å². The average Bonchev–Trinajstić information content (AvgIpc) is 2.45. The Morgan fingerprint density at radius 1 is 1.26 bits per heavy atom. The van der Waals surface area contributed by atoms with Crippen LogP contribution in [0.4, 0.5) is 0 Å². The van der Waals surface area contributed by atoms with Gasteiger partial charge in [0.2, 0.25) is 0 Å². The number of hydrogen-bond acceptors (Lipinski definition) is 1. The van der Waals surface area contributed by atoms with Crippen LogP contribution in [0, 0.1) is 23.7 Å². The van der Waals surface area contributed by atoms with E-state index >= 15 is 0 Å². The molecule has 124 valence electrons. The van der Waals surface area contributed by atoms with E-state index in [1.54, 1.807) is 0 Å². The van der Waals surface area contributed by atoms with Gasteiger partial charge in [0, 0.05) is 19.0 Å². The van der Waals surface area contributed by atoms with Gasteiger partial charge in [-0.2, -0.15) is 0 Å². The minimum absolute atomic E-state index is 0.425. The molecule has 1 nitrogen and oxygen atoms in total. The molecule has 0 atom stereocenters. The molecule has 1 aromatic carbocycles. The third kappa shape index (κ3) is 7.35. The first-order chi connectivity index (χ1) is 10.8. The van der Waals surface area contributed by atoms with E-state index in [1.165, 1.54) is 22.3 Å². The topological polar surface area (TPSA) is 3.24 Å². The monoisotopic (exact) mass is 309 g/mol. The summed E-state index contributed by atoms with van der Waals surface area (Å²) in [5, 5.41) is 0. The highest BCUT2D eigenvalue weighted by Gasteiger charge is 2.06.